The first-order valence-corrected chi connectivity index (χ1v) is 25.1. The second-order valence-electron chi connectivity index (χ2n) is 17.6. The van der Waals surface area contributed by atoms with E-state index in [9.17, 15) is 9.59 Å². The zero-order chi connectivity index (χ0) is 44.8. The zero-order valence-electron chi connectivity index (χ0n) is 38.1. The van der Waals surface area contributed by atoms with Crippen LogP contribution < -0.4 is 31.4 Å². The number of aliphatic imine (C=N–C) groups is 1. The van der Waals surface area contributed by atoms with Gasteiger partial charge in [0.1, 0.15) is 8.07 Å². The maximum atomic E-state index is 12.1. The van der Waals surface area contributed by atoms with E-state index in [4.69, 9.17) is 0 Å². The number of carbonyl (C=O) groups excluding carboxylic acids is 2. The molecule has 1 heterocycles. The average Bonchev–Trinajstić information content (AvgIpc) is 3.28. The molecule has 2 aliphatic rings. The van der Waals surface area contributed by atoms with E-state index in [1.165, 1.54) is 71.0 Å². The zero-order valence-corrected chi connectivity index (χ0v) is 39.1. The Morgan fingerprint density at radius 3 is 1.79 bits per heavy atom. The number of hydrogen-bond donors (Lipinski definition) is 4. The maximum Gasteiger partial charge on any atom is 0.246 e. The summed E-state index contributed by atoms with van der Waals surface area (Å²) >= 11 is 0. The minimum Gasteiger partial charge on any atom is -0.378 e. The normalized spacial score (nSPS) is 14.7. The summed E-state index contributed by atoms with van der Waals surface area (Å²) in [5.74, 6) is -0.209. The van der Waals surface area contributed by atoms with Crippen molar-refractivity contribution in [3.63, 3.8) is 0 Å². The van der Waals surface area contributed by atoms with Crippen LogP contribution in [0.1, 0.15) is 48.9 Å². The largest absolute Gasteiger partial charge is 0.378 e. The highest BCUT2D eigenvalue weighted by atomic mass is 28.3. The summed E-state index contributed by atoms with van der Waals surface area (Å²) in [7, 11) is 4.05. The number of nitrogens with zero attached hydrogens (tertiary/aromatic N) is 2. The van der Waals surface area contributed by atoms with Crippen LogP contribution in [0.2, 0.25) is 13.1 Å². The number of fused-ring (bicyclic) bond motifs is 4. The number of rotatable bonds is 17. The molecular weight excluding hydrogens is 793 g/mol. The van der Waals surface area contributed by atoms with E-state index in [1.807, 2.05) is 7.05 Å². The van der Waals surface area contributed by atoms with E-state index in [0.29, 0.717) is 37.3 Å². The topological polar surface area (TPSA) is 97.9 Å². The van der Waals surface area contributed by atoms with Gasteiger partial charge in [0.05, 0.1) is 5.71 Å². The lowest BCUT2D eigenvalue weighted by Crippen LogP contribution is -2.49. The predicted octanol–water partition coefficient (Wildman–Crippen LogP) is 8.91. The summed E-state index contributed by atoms with van der Waals surface area (Å²) in [5.41, 5.74) is 13.2. The third-order valence-corrected chi connectivity index (χ3v) is 16.0. The molecule has 63 heavy (non-hydrogen) atoms. The molecule has 324 valence electrons. The van der Waals surface area contributed by atoms with Crippen molar-refractivity contribution in [1.29, 1.82) is 0 Å². The number of benzene rings is 5. The van der Waals surface area contributed by atoms with E-state index in [0.717, 1.165) is 42.8 Å². The van der Waals surface area contributed by atoms with Gasteiger partial charge in [0, 0.05) is 64.2 Å². The molecule has 0 aromatic heterocycles. The Kier molecular flexibility index (Phi) is 13.9. The first kappa shape index (κ1) is 44.9. The number of carbonyl (C=O) groups is 2. The molecule has 9 heteroatoms. The fourth-order valence-electron chi connectivity index (χ4n) is 8.86. The first-order chi connectivity index (χ1) is 30.3. The van der Waals surface area contributed by atoms with Crippen molar-refractivity contribution in [1.82, 2.24) is 21.3 Å². The molecule has 5 aromatic carbocycles. The van der Waals surface area contributed by atoms with Crippen molar-refractivity contribution in [2.24, 2.45) is 4.99 Å². The minimum atomic E-state index is -2.05. The van der Waals surface area contributed by atoms with Gasteiger partial charge in [0.15, 0.2) is 0 Å². The minimum absolute atomic E-state index is 0.104. The molecule has 2 amide bonds. The van der Waals surface area contributed by atoms with Crippen LogP contribution in [0.25, 0.3) is 38.2 Å². The van der Waals surface area contributed by atoms with Crippen LogP contribution in [0.3, 0.4) is 0 Å². The third kappa shape index (κ3) is 9.61. The van der Waals surface area contributed by atoms with Crippen LogP contribution in [0.5, 0.6) is 0 Å². The molecular formula is C54H62N6O2Si. The third-order valence-electron chi connectivity index (χ3n) is 12.4. The van der Waals surface area contributed by atoms with Crippen molar-refractivity contribution in [3.05, 3.63) is 160 Å². The van der Waals surface area contributed by atoms with Crippen LogP contribution in [0.15, 0.2) is 143 Å². The van der Waals surface area contributed by atoms with Crippen molar-refractivity contribution >= 4 is 63.6 Å². The van der Waals surface area contributed by atoms with Crippen LogP contribution in [-0.2, 0) is 22.7 Å². The summed E-state index contributed by atoms with van der Waals surface area (Å²) in [6.07, 6.45) is 8.38. The van der Waals surface area contributed by atoms with Gasteiger partial charge in [-0.3, -0.25) is 14.6 Å². The summed E-state index contributed by atoms with van der Waals surface area (Å²) in [4.78, 5) is 30.9. The van der Waals surface area contributed by atoms with Crippen LogP contribution in [0, 0.1) is 0 Å². The molecule has 1 aliphatic carbocycles. The molecule has 8 nitrogen and oxygen atoms in total. The molecule has 5 aromatic rings. The van der Waals surface area contributed by atoms with E-state index in [2.05, 4.69) is 175 Å². The Bertz CT molecular complexity index is 2740. The van der Waals surface area contributed by atoms with Crippen LogP contribution >= 0.6 is 0 Å². The van der Waals surface area contributed by atoms with E-state index in [-0.39, 0.29) is 11.8 Å². The maximum absolute atomic E-state index is 12.1. The molecule has 0 atom stereocenters. The Labute approximate surface area is 374 Å². The molecule has 0 fully saturated rings. The second kappa shape index (κ2) is 19.5. The highest BCUT2D eigenvalue weighted by molar-refractivity contribution is 6.98. The lowest BCUT2D eigenvalue weighted by atomic mass is 9.87. The number of amides is 2. The quantitative estimate of drug-likeness (QED) is 0.0325. The number of allylic oxidation sites excluding steroid dienone is 5. The van der Waals surface area contributed by atoms with E-state index < -0.39 is 8.07 Å². The summed E-state index contributed by atoms with van der Waals surface area (Å²) < 4.78 is 0. The standard InChI is InChI=1S/C54H62N6O2Si/c1-35(2)53(61)58-28-12-26-56-33-48-42-14-10-11-15-43(42)49(34-57-27-13-29-59-54(62)36(3)4)47-30-39(20-23-44(47)48)37-16-18-38(19-17-37)52-45-24-21-40(55-5)31-50(45)63(8,9)51-32-41(60(6)7)22-25-46(51)52/h10-11,14-25,30-32,56-57H,1,3,12-13,26-29,33-34H2,2,4-9H3,(H,58,61)(H,59,62)/b55-40+. The van der Waals surface area contributed by atoms with Gasteiger partial charge in [-0.1, -0.05) is 99.1 Å². The van der Waals surface area contributed by atoms with Gasteiger partial charge < -0.3 is 26.2 Å². The molecule has 4 N–H and O–H groups in total. The Balaban J connectivity index is 1.24. The molecule has 0 radical (unpaired) electrons. The molecule has 7 rings (SSSR count). The van der Waals surface area contributed by atoms with Crippen molar-refractivity contribution in [2.75, 3.05) is 52.2 Å². The second-order valence-corrected chi connectivity index (χ2v) is 21.9. The van der Waals surface area contributed by atoms with Gasteiger partial charge in [-0.15, -0.1) is 0 Å². The van der Waals surface area contributed by atoms with Crippen molar-refractivity contribution < 1.29 is 9.59 Å². The lowest BCUT2D eigenvalue weighted by molar-refractivity contribution is -0.118. The fourth-order valence-corrected chi connectivity index (χ4v) is 11.9. The Hall–Kier alpha value is -6.13. The van der Waals surface area contributed by atoms with Crippen LogP contribution in [0.4, 0.5) is 5.69 Å². The SMILES string of the molecule is C=C(C)C(=O)NCCCNCc1c2ccccc2c(CNCCCNC(=O)C(=C)C)c2cc(-c3ccc(C4=C5C=C/C(=N\C)C=C5[Si](C)(C)c5cc(N(C)C)ccc54)cc3)ccc12. The van der Waals surface area contributed by atoms with Gasteiger partial charge in [0.2, 0.25) is 11.8 Å². The molecule has 0 bridgehead atoms. The van der Waals surface area contributed by atoms with Gasteiger partial charge in [-0.2, -0.15) is 0 Å². The molecule has 0 unspecified atom stereocenters. The van der Waals surface area contributed by atoms with Crippen molar-refractivity contribution in [2.45, 2.75) is 52.9 Å². The fraction of sp³-hybridized carbons (Fsp3) is 0.278. The summed E-state index contributed by atoms with van der Waals surface area (Å²) in [5, 5.41) is 21.0. The van der Waals surface area contributed by atoms with Crippen molar-refractivity contribution in [3.8, 4) is 11.1 Å². The highest BCUT2D eigenvalue weighted by Gasteiger charge is 2.39. The predicted molar refractivity (Wildman–Crippen MR) is 270 cm³/mol. The number of hydrogen-bond acceptors (Lipinski definition) is 6. The van der Waals surface area contributed by atoms with Gasteiger partial charge in [0.25, 0.3) is 0 Å². The Morgan fingerprint density at radius 1 is 0.667 bits per heavy atom. The van der Waals surface area contributed by atoms with Gasteiger partial charge in [-0.25, -0.2) is 0 Å². The monoisotopic (exact) mass is 854 g/mol. The highest BCUT2D eigenvalue weighted by Crippen LogP contribution is 2.43. The lowest BCUT2D eigenvalue weighted by Gasteiger charge is -2.38. The molecule has 0 saturated heterocycles. The molecule has 1 aliphatic heterocycles. The van der Waals surface area contributed by atoms with E-state index in [1.54, 1.807) is 13.8 Å². The van der Waals surface area contributed by atoms with Gasteiger partial charge in [-0.05, 0) is 147 Å². The first-order valence-electron chi connectivity index (χ1n) is 22.1. The van der Waals surface area contributed by atoms with Crippen LogP contribution in [-0.4, -0.2) is 72.9 Å². The number of anilines is 1. The summed E-state index contributed by atoms with van der Waals surface area (Å²) in [6.45, 7) is 20.0. The molecule has 0 spiro atoms. The summed E-state index contributed by atoms with van der Waals surface area (Å²) in [6, 6.07) is 31.7. The van der Waals surface area contributed by atoms with E-state index >= 15 is 0 Å². The molecule has 0 saturated carbocycles. The Morgan fingerprint density at radius 2 is 1.22 bits per heavy atom. The average molecular weight is 855 g/mol. The van der Waals surface area contributed by atoms with Gasteiger partial charge >= 0.3 is 0 Å². The number of nitrogens with one attached hydrogen (secondary N) is 4. The smallest absolute Gasteiger partial charge is 0.246 e.